The van der Waals surface area contributed by atoms with Crippen molar-refractivity contribution in [1.29, 1.82) is 0 Å². The van der Waals surface area contributed by atoms with E-state index in [1.165, 1.54) is 77.4 Å². The molecule has 3 aliphatic rings. The molecule has 3 heteroatoms. The van der Waals surface area contributed by atoms with E-state index in [4.69, 9.17) is 0 Å². The molecule has 0 amide bonds. The lowest BCUT2D eigenvalue weighted by Gasteiger charge is -2.40. The summed E-state index contributed by atoms with van der Waals surface area (Å²) < 4.78 is 0. The number of likely N-dealkylation sites (N-methyl/N-ethyl adjacent to an activating group) is 1. The van der Waals surface area contributed by atoms with E-state index in [0.29, 0.717) is 0 Å². The Hall–Kier alpha value is -0.120. The van der Waals surface area contributed by atoms with Crippen LogP contribution in [0.3, 0.4) is 0 Å². The lowest BCUT2D eigenvalue weighted by molar-refractivity contribution is 0.0973. The van der Waals surface area contributed by atoms with Crippen LogP contribution in [0.2, 0.25) is 0 Å². The minimum absolute atomic E-state index is 0.797. The minimum Gasteiger partial charge on any atom is -0.314 e. The summed E-state index contributed by atoms with van der Waals surface area (Å²) in [6, 6.07) is 3.42. The maximum atomic E-state index is 3.77. The number of nitrogens with one attached hydrogen (secondary N) is 1. The van der Waals surface area contributed by atoms with Gasteiger partial charge in [0, 0.05) is 37.3 Å². The Morgan fingerprint density at radius 2 is 1.71 bits per heavy atom. The van der Waals surface area contributed by atoms with Crippen molar-refractivity contribution in [3.05, 3.63) is 0 Å². The summed E-state index contributed by atoms with van der Waals surface area (Å²) in [5, 5.41) is 3.77. The van der Waals surface area contributed by atoms with Crippen molar-refractivity contribution in [3.63, 3.8) is 0 Å². The molecule has 122 valence electrons. The van der Waals surface area contributed by atoms with Gasteiger partial charge in [-0.3, -0.25) is 4.90 Å². The van der Waals surface area contributed by atoms with E-state index in [0.717, 1.165) is 24.2 Å². The van der Waals surface area contributed by atoms with Gasteiger partial charge in [0.25, 0.3) is 0 Å². The van der Waals surface area contributed by atoms with Crippen LogP contribution in [0, 0.1) is 0 Å². The van der Waals surface area contributed by atoms with E-state index in [1.54, 1.807) is 0 Å². The quantitative estimate of drug-likeness (QED) is 0.779. The average Bonchev–Trinajstić information content (AvgIpc) is 3.10. The largest absolute Gasteiger partial charge is 0.314 e. The van der Waals surface area contributed by atoms with Crippen LogP contribution in [0.1, 0.15) is 64.7 Å². The molecular weight excluding hydrogens is 258 g/mol. The lowest BCUT2D eigenvalue weighted by Crippen LogP contribution is -2.51. The summed E-state index contributed by atoms with van der Waals surface area (Å²) in [7, 11) is 2.35. The van der Waals surface area contributed by atoms with Gasteiger partial charge in [-0.2, -0.15) is 0 Å². The highest BCUT2D eigenvalue weighted by molar-refractivity contribution is 4.97. The number of hydrogen-bond donors (Lipinski definition) is 1. The van der Waals surface area contributed by atoms with Crippen LogP contribution >= 0.6 is 0 Å². The topological polar surface area (TPSA) is 18.5 Å². The van der Waals surface area contributed by atoms with Crippen molar-refractivity contribution in [2.45, 2.75) is 88.9 Å². The number of nitrogens with zero attached hydrogens (tertiary/aromatic N) is 2. The number of piperidine rings is 1. The summed E-state index contributed by atoms with van der Waals surface area (Å²) in [6.07, 6.45) is 12.7. The molecule has 3 fully saturated rings. The van der Waals surface area contributed by atoms with E-state index in [9.17, 15) is 0 Å². The standard InChI is InChI=1S/C18H35N3/c1-3-10-19-15-13-17-8-9-18(14-15)21(17)12-11-20(2)16-6-4-5-7-16/h15-19H,3-14H2,1-2H3. The number of rotatable bonds is 7. The third-order valence-electron chi connectivity index (χ3n) is 6.23. The molecule has 2 bridgehead atoms. The highest BCUT2D eigenvalue weighted by Crippen LogP contribution is 2.35. The van der Waals surface area contributed by atoms with Gasteiger partial charge in [-0.1, -0.05) is 19.8 Å². The zero-order valence-electron chi connectivity index (χ0n) is 14.2. The third kappa shape index (κ3) is 3.80. The number of fused-ring (bicyclic) bond motifs is 2. The van der Waals surface area contributed by atoms with Crippen molar-refractivity contribution < 1.29 is 0 Å². The molecule has 2 heterocycles. The first kappa shape index (κ1) is 15.8. The Morgan fingerprint density at radius 3 is 2.33 bits per heavy atom. The molecule has 2 unspecified atom stereocenters. The van der Waals surface area contributed by atoms with Crippen molar-refractivity contribution in [3.8, 4) is 0 Å². The molecule has 3 rings (SSSR count). The highest BCUT2D eigenvalue weighted by atomic mass is 15.3. The van der Waals surface area contributed by atoms with Gasteiger partial charge in [0.05, 0.1) is 0 Å². The second kappa shape index (κ2) is 7.43. The third-order valence-corrected chi connectivity index (χ3v) is 6.23. The van der Waals surface area contributed by atoms with Crippen LogP contribution in [-0.4, -0.2) is 60.6 Å². The summed E-state index contributed by atoms with van der Waals surface area (Å²) in [6.45, 7) is 6.07. The first-order chi connectivity index (χ1) is 10.3. The van der Waals surface area contributed by atoms with Crippen LogP contribution in [-0.2, 0) is 0 Å². The Bertz CT molecular complexity index is 300. The van der Waals surface area contributed by atoms with Gasteiger partial charge < -0.3 is 10.2 Å². The molecule has 0 radical (unpaired) electrons. The smallest absolute Gasteiger partial charge is 0.0115 e. The Balaban J connectivity index is 1.44. The molecule has 1 saturated carbocycles. The van der Waals surface area contributed by atoms with Crippen molar-refractivity contribution in [2.75, 3.05) is 26.7 Å². The number of hydrogen-bond acceptors (Lipinski definition) is 3. The van der Waals surface area contributed by atoms with Crippen LogP contribution in [0.25, 0.3) is 0 Å². The van der Waals surface area contributed by atoms with Crippen LogP contribution in [0.15, 0.2) is 0 Å². The first-order valence-corrected chi connectivity index (χ1v) is 9.47. The fraction of sp³-hybridized carbons (Fsp3) is 1.00. The van der Waals surface area contributed by atoms with E-state index < -0.39 is 0 Å². The van der Waals surface area contributed by atoms with Crippen LogP contribution in [0.5, 0.6) is 0 Å². The van der Waals surface area contributed by atoms with Gasteiger partial charge in [0.1, 0.15) is 0 Å². The lowest BCUT2D eigenvalue weighted by atomic mass is 9.97. The molecule has 0 aromatic rings. The monoisotopic (exact) mass is 293 g/mol. The molecule has 3 nitrogen and oxygen atoms in total. The zero-order chi connectivity index (χ0) is 14.7. The Morgan fingerprint density at radius 1 is 1.05 bits per heavy atom. The van der Waals surface area contributed by atoms with Crippen molar-refractivity contribution in [1.82, 2.24) is 15.1 Å². The van der Waals surface area contributed by atoms with Crippen LogP contribution < -0.4 is 5.32 Å². The molecular formula is C18H35N3. The maximum absolute atomic E-state index is 3.77. The predicted molar refractivity (Wildman–Crippen MR) is 89.7 cm³/mol. The van der Waals surface area contributed by atoms with E-state index in [1.807, 2.05) is 0 Å². The molecule has 0 aromatic heterocycles. The minimum atomic E-state index is 0.797. The van der Waals surface area contributed by atoms with E-state index >= 15 is 0 Å². The van der Waals surface area contributed by atoms with Crippen molar-refractivity contribution in [2.24, 2.45) is 0 Å². The van der Waals surface area contributed by atoms with Gasteiger partial charge in [0.15, 0.2) is 0 Å². The fourth-order valence-corrected chi connectivity index (χ4v) is 4.96. The van der Waals surface area contributed by atoms with Gasteiger partial charge in [-0.05, 0) is 58.5 Å². The normalized spacial score (nSPS) is 34.1. The summed E-state index contributed by atoms with van der Waals surface area (Å²) in [5.74, 6) is 0. The summed E-state index contributed by atoms with van der Waals surface area (Å²) in [5.41, 5.74) is 0. The van der Waals surface area contributed by atoms with Gasteiger partial charge in [-0.25, -0.2) is 0 Å². The van der Waals surface area contributed by atoms with Crippen LogP contribution in [0.4, 0.5) is 0 Å². The molecule has 2 saturated heterocycles. The zero-order valence-corrected chi connectivity index (χ0v) is 14.2. The highest BCUT2D eigenvalue weighted by Gasteiger charge is 2.40. The second-order valence-electron chi connectivity index (χ2n) is 7.66. The van der Waals surface area contributed by atoms with E-state index in [-0.39, 0.29) is 0 Å². The molecule has 0 spiro atoms. The predicted octanol–water partition coefficient (Wildman–Crippen LogP) is 2.86. The molecule has 2 atom stereocenters. The SMILES string of the molecule is CCCNC1CC2CCC(C1)N2CCN(C)C1CCCC1. The van der Waals surface area contributed by atoms with Gasteiger partial charge >= 0.3 is 0 Å². The van der Waals surface area contributed by atoms with Gasteiger partial charge in [-0.15, -0.1) is 0 Å². The van der Waals surface area contributed by atoms with Crippen molar-refractivity contribution >= 4 is 0 Å². The Labute approximate surface area is 131 Å². The molecule has 1 aliphatic carbocycles. The average molecular weight is 293 g/mol. The molecule has 1 N–H and O–H groups in total. The van der Waals surface area contributed by atoms with E-state index in [2.05, 4.69) is 29.1 Å². The molecule has 2 aliphatic heterocycles. The first-order valence-electron chi connectivity index (χ1n) is 9.47. The Kier molecular flexibility index (Phi) is 5.58. The fourth-order valence-electron chi connectivity index (χ4n) is 4.96. The molecule has 0 aromatic carbocycles. The van der Waals surface area contributed by atoms with Gasteiger partial charge in [0.2, 0.25) is 0 Å². The summed E-state index contributed by atoms with van der Waals surface area (Å²) >= 11 is 0. The maximum Gasteiger partial charge on any atom is 0.0115 e. The second-order valence-corrected chi connectivity index (χ2v) is 7.66. The summed E-state index contributed by atoms with van der Waals surface area (Å²) in [4.78, 5) is 5.50. The molecule has 21 heavy (non-hydrogen) atoms.